The van der Waals surface area contributed by atoms with Gasteiger partial charge in [0.25, 0.3) is 0 Å². The molecular weight excluding hydrogens is 120 g/mol. The third-order valence-electron chi connectivity index (χ3n) is 1.67. The lowest BCUT2D eigenvalue weighted by Crippen LogP contribution is -1.87. The van der Waals surface area contributed by atoms with Crippen LogP contribution in [0.4, 0.5) is 0 Å². The van der Waals surface area contributed by atoms with Crippen LogP contribution in [0.3, 0.4) is 0 Å². The van der Waals surface area contributed by atoms with Crippen LogP contribution in [0.15, 0.2) is 11.6 Å². The van der Waals surface area contributed by atoms with E-state index >= 15 is 0 Å². The maximum atomic E-state index is 2.32. The molecule has 0 spiro atoms. The molecule has 0 atom stereocenters. The van der Waals surface area contributed by atoms with Crippen molar-refractivity contribution >= 4 is 0 Å². The van der Waals surface area contributed by atoms with Crippen LogP contribution in [-0.4, -0.2) is 0 Å². The van der Waals surface area contributed by atoms with E-state index in [1.54, 1.807) is 5.57 Å². The summed E-state index contributed by atoms with van der Waals surface area (Å²) in [6.07, 6.45) is 6.13. The van der Waals surface area contributed by atoms with Gasteiger partial charge in [0, 0.05) is 0 Å². The van der Waals surface area contributed by atoms with Crippen LogP contribution in [0, 0.1) is 5.92 Å². The topological polar surface area (TPSA) is 0 Å². The van der Waals surface area contributed by atoms with Gasteiger partial charge >= 0.3 is 0 Å². The average molecular weight is 140 g/mol. The van der Waals surface area contributed by atoms with Gasteiger partial charge in [0.05, 0.1) is 0 Å². The lowest BCUT2D eigenvalue weighted by Gasteiger charge is -2.03. The highest BCUT2D eigenvalue weighted by Crippen LogP contribution is 2.10. The van der Waals surface area contributed by atoms with Crippen molar-refractivity contribution < 1.29 is 0 Å². The second kappa shape index (κ2) is 5.52. The molecule has 0 radical (unpaired) electrons. The Hall–Kier alpha value is -0.260. The zero-order valence-corrected chi connectivity index (χ0v) is 7.78. The van der Waals surface area contributed by atoms with Crippen LogP contribution in [-0.2, 0) is 0 Å². The minimum Gasteiger partial charge on any atom is -0.0859 e. The largest absolute Gasteiger partial charge is 0.0859 e. The van der Waals surface area contributed by atoms with Gasteiger partial charge in [0.1, 0.15) is 0 Å². The smallest absolute Gasteiger partial charge is 0.0321 e. The number of hydrogen-bond acceptors (Lipinski definition) is 0. The molecule has 0 heterocycles. The van der Waals surface area contributed by atoms with Gasteiger partial charge in [-0.2, -0.15) is 0 Å². The van der Waals surface area contributed by atoms with Crippen LogP contribution in [0.25, 0.3) is 0 Å². The first-order chi connectivity index (χ1) is 4.66. The van der Waals surface area contributed by atoms with Gasteiger partial charge in [-0.1, -0.05) is 32.4 Å². The van der Waals surface area contributed by atoms with Crippen LogP contribution >= 0.6 is 0 Å². The summed E-state index contributed by atoms with van der Waals surface area (Å²) in [6, 6.07) is 0. The molecule has 0 amide bonds. The highest BCUT2D eigenvalue weighted by Gasteiger charge is 1.93. The van der Waals surface area contributed by atoms with E-state index in [4.69, 9.17) is 0 Å². The third kappa shape index (κ3) is 5.87. The minimum atomic E-state index is 0.847. The fourth-order valence-electron chi connectivity index (χ4n) is 0.967. The summed E-state index contributed by atoms with van der Waals surface area (Å²) in [6.45, 7) is 8.98. The Morgan fingerprint density at radius 3 is 2.40 bits per heavy atom. The second-order valence-corrected chi connectivity index (χ2v) is 3.39. The molecule has 0 aliphatic rings. The summed E-state index contributed by atoms with van der Waals surface area (Å²) >= 11 is 0. The molecule has 0 aliphatic carbocycles. The van der Waals surface area contributed by atoms with Crippen LogP contribution in [0.5, 0.6) is 0 Å². The number of allylic oxidation sites excluding steroid dienone is 2. The SMILES string of the molecule is CCC=C(C)CCC(C)C. The first kappa shape index (κ1) is 9.74. The first-order valence-corrected chi connectivity index (χ1v) is 4.32. The molecule has 0 N–H and O–H groups in total. The fourth-order valence-corrected chi connectivity index (χ4v) is 0.967. The Morgan fingerprint density at radius 2 is 2.00 bits per heavy atom. The Morgan fingerprint density at radius 1 is 1.40 bits per heavy atom. The van der Waals surface area contributed by atoms with E-state index in [1.165, 1.54) is 19.3 Å². The normalized spacial score (nSPS) is 12.7. The molecule has 0 saturated carbocycles. The summed E-state index contributed by atoms with van der Waals surface area (Å²) in [4.78, 5) is 0. The molecule has 0 unspecified atom stereocenters. The van der Waals surface area contributed by atoms with E-state index in [0.717, 1.165) is 5.92 Å². The van der Waals surface area contributed by atoms with Crippen LogP contribution in [0.2, 0.25) is 0 Å². The van der Waals surface area contributed by atoms with Crippen molar-refractivity contribution in [3.05, 3.63) is 11.6 Å². The maximum absolute atomic E-state index is 2.32. The predicted octanol–water partition coefficient (Wildman–Crippen LogP) is 3.78. The molecule has 0 saturated heterocycles. The maximum Gasteiger partial charge on any atom is -0.0321 e. The zero-order valence-electron chi connectivity index (χ0n) is 7.78. The molecule has 0 rings (SSSR count). The quantitative estimate of drug-likeness (QED) is 0.521. The van der Waals surface area contributed by atoms with E-state index in [1.807, 2.05) is 0 Å². The van der Waals surface area contributed by atoms with Crippen molar-refractivity contribution in [1.29, 1.82) is 0 Å². The Balaban J connectivity index is 3.39. The lowest BCUT2D eigenvalue weighted by atomic mass is 10.0. The van der Waals surface area contributed by atoms with Gasteiger partial charge in [0.2, 0.25) is 0 Å². The van der Waals surface area contributed by atoms with Gasteiger partial charge in [0.15, 0.2) is 0 Å². The zero-order chi connectivity index (χ0) is 7.98. The molecule has 0 nitrogen and oxygen atoms in total. The minimum absolute atomic E-state index is 0.847. The van der Waals surface area contributed by atoms with E-state index in [2.05, 4.69) is 33.8 Å². The van der Waals surface area contributed by atoms with Crippen LogP contribution < -0.4 is 0 Å². The van der Waals surface area contributed by atoms with Gasteiger partial charge in [-0.15, -0.1) is 0 Å². The molecule has 0 heteroatoms. The molecule has 0 bridgehead atoms. The lowest BCUT2D eigenvalue weighted by molar-refractivity contribution is 0.584. The number of hydrogen-bond donors (Lipinski definition) is 0. The average Bonchev–Trinajstić information content (AvgIpc) is 1.85. The van der Waals surface area contributed by atoms with Crippen molar-refractivity contribution in [2.45, 2.75) is 47.0 Å². The van der Waals surface area contributed by atoms with Gasteiger partial charge in [-0.25, -0.2) is 0 Å². The Labute approximate surface area is 65.3 Å². The summed E-state index contributed by atoms with van der Waals surface area (Å²) < 4.78 is 0. The molecule has 10 heavy (non-hydrogen) atoms. The second-order valence-electron chi connectivity index (χ2n) is 3.39. The van der Waals surface area contributed by atoms with Crippen LogP contribution in [0.1, 0.15) is 47.0 Å². The molecule has 60 valence electrons. The van der Waals surface area contributed by atoms with Gasteiger partial charge in [-0.3, -0.25) is 0 Å². The standard InChI is InChI=1S/C10H20/c1-5-6-10(4)8-7-9(2)3/h6,9H,5,7-8H2,1-4H3. The number of rotatable bonds is 4. The summed E-state index contributed by atoms with van der Waals surface area (Å²) in [5, 5.41) is 0. The molecule has 0 aromatic heterocycles. The first-order valence-electron chi connectivity index (χ1n) is 4.32. The third-order valence-corrected chi connectivity index (χ3v) is 1.67. The summed E-state index contributed by atoms with van der Waals surface area (Å²) in [7, 11) is 0. The molecule has 0 aliphatic heterocycles. The highest BCUT2D eigenvalue weighted by atomic mass is 14.0. The van der Waals surface area contributed by atoms with Crippen molar-refractivity contribution in [1.82, 2.24) is 0 Å². The van der Waals surface area contributed by atoms with Crippen molar-refractivity contribution in [2.24, 2.45) is 5.92 Å². The Kier molecular flexibility index (Phi) is 5.38. The van der Waals surface area contributed by atoms with E-state index < -0.39 is 0 Å². The van der Waals surface area contributed by atoms with Gasteiger partial charge in [-0.05, 0) is 32.1 Å². The van der Waals surface area contributed by atoms with E-state index in [9.17, 15) is 0 Å². The molecule has 0 fully saturated rings. The Bertz CT molecular complexity index is 98.6. The molecule has 0 aromatic rings. The fraction of sp³-hybridized carbons (Fsp3) is 0.800. The van der Waals surface area contributed by atoms with E-state index in [0.29, 0.717) is 0 Å². The molecule has 0 aromatic carbocycles. The monoisotopic (exact) mass is 140 g/mol. The predicted molar refractivity (Wildman–Crippen MR) is 48.1 cm³/mol. The van der Waals surface area contributed by atoms with Crippen molar-refractivity contribution in [3.8, 4) is 0 Å². The van der Waals surface area contributed by atoms with E-state index in [-0.39, 0.29) is 0 Å². The van der Waals surface area contributed by atoms with Crippen molar-refractivity contribution in [3.63, 3.8) is 0 Å². The summed E-state index contributed by atoms with van der Waals surface area (Å²) in [5.74, 6) is 0.847. The summed E-state index contributed by atoms with van der Waals surface area (Å²) in [5.41, 5.74) is 1.55. The molecular formula is C10H20. The highest BCUT2D eigenvalue weighted by molar-refractivity contribution is 4.96. The van der Waals surface area contributed by atoms with Crippen molar-refractivity contribution in [2.75, 3.05) is 0 Å². The van der Waals surface area contributed by atoms with Gasteiger partial charge < -0.3 is 0 Å².